The van der Waals surface area contributed by atoms with E-state index in [1.165, 1.54) is 5.38 Å². The molecule has 1 atom stereocenters. The Morgan fingerprint density at radius 1 is 1.32 bits per heavy atom. The van der Waals surface area contributed by atoms with Crippen molar-refractivity contribution in [3.63, 3.8) is 0 Å². The van der Waals surface area contributed by atoms with Gasteiger partial charge in [0.2, 0.25) is 14.2 Å². The average Bonchev–Trinajstić information content (AvgIpc) is 3.37. The Balaban J connectivity index is 1.57. The molecule has 1 aliphatic heterocycles. The van der Waals surface area contributed by atoms with Crippen LogP contribution in [0, 0.1) is 17.8 Å². The lowest BCUT2D eigenvalue weighted by Crippen LogP contribution is -2.36. The first kappa shape index (κ1) is 22.1. The topological polar surface area (TPSA) is 59.5 Å². The van der Waals surface area contributed by atoms with E-state index in [9.17, 15) is 17.2 Å². The molecule has 0 amide bonds. The maximum absolute atomic E-state index is 14.9. The second kappa shape index (κ2) is 8.46. The number of likely N-dealkylation sites (tertiary alicyclic amines) is 1. The number of rotatable bonds is 6. The van der Waals surface area contributed by atoms with Crippen LogP contribution in [0.5, 0.6) is 5.75 Å². The summed E-state index contributed by atoms with van der Waals surface area (Å²) in [5, 5.41) is 0.701. The molecule has 1 radical (unpaired) electrons. The SMILES string of the molecule is C[C@]1(Oc2cc(F)c(S(=O)(=O)c3n[c]cs3)c(F)c2Cl)CCN(Cc2ccccc2)C1. The second-order valence-electron chi connectivity index (χ2n) is 7.56. The molecule has 2 heterocycles. The Kier molecular flexibility index (Phi) is 6.04. The molecule has 0 bridgehead atoms. The highest BCUT2D eigenvalue weighted by Crippen LogP contribution is 2.39. The lowest BCUT2D eigenvalue weighted by molar-refractivity contribution is 0.0941. The molecular formula is C21H18ClF2N2O3S2. The fourth-order valence-electron chi connectivity index (χ4n) is 3.62. The summed E-state index contributed by atoms with van der Waals surface area (Å²) in [4.78, 5) is 4.56. The largest absolute Gasteiger partial charge is 0.484 e. The first-order chi connectivity index (χ1) is 14.7. The summed E-state index contributed by atoms with van der Waals surface area (Å²) in [6.45, 7) is 3.82. The molecule has 0 unspecified atom stereocenters. The third-order valence-corrected chi connectivity index (χ3v) is 8.35. The lowest BCUT2D eigenvalue weighted by atomic mass is 10.1. The third-order valence-electron chi connectivity index (χ3n) is 5.07. The van der Waals surface area contributed by atoms with Gasteiger partial charge in [-0.1, -0.05) is 41.9 Å². The van der Waals surface area contributed by atoms with Crippen molar-refractivity contribution in [1.29, 1.82) is 0 Å². The van der Waals surface area contributed by atoms with Gasteiger partial charge in [-0.25, -0.2) is 22.2 Å². The van der Waals surface area contributed by atoms with Crippen LogP contribution >= 0.6 is 22.9 Å². The van der Waals surface area contributed by atoms with Crippen molar-refractivity contribution >= 4 is 32.8 Å². The van der Waals surface area contributed by atoms with E-state index in [4.69, 9.17) is 16.3 Å². The fourth-order valence-corrected chi connectivity index (χ4v) is 6.08. The molecule has 10 heteroatoms. The Labute approximate surface area is 188 Å². The average molecular weight is 484 g/mol. The van der Waals surface area contributed by atoms with Gasteiger partial charge < -0.3 is 4.74 Å². The van der Waals surface area contributed by atoms with Crippen LogP contribution in [0.1, 0.15) is 18.9 Å². The van der Waals surface area contributed by atoms with Gasteiger partial charge in [-0.05, 0) is 12.5 Å². The van der Waals surface area contributed by atoms with Crippen molar-refractivity contribution in [3.05, 3.63) is 70.2 Å². The van der Waals surface area contributed by atoms with Crippen molar-refractivity contribution in [2.75, 3.05) is 13.1 Å². The number of thiazole rings is 1. The summed E-state index contributed by atoms with van der Waals surface area (Å²) < 4.78 is 60.2. The standard InChI is InChI=1S/C21H18ClF2N2O3S2/c1-21(7-9-26(13-21)12-14-5-3-2-4-6-14)29-16-11-15(23)19(18(24)17(16)22)31(27,28)20-25-8-10-30-20/h2-6,10-11H,7,9,12-13H2,1H3/t21-/m0/s1. The van der Waals surface area contributed by atoms with Crippen molar-refractivity contribution in [1.82, 2.24) is 9.88 Å². The molecule has 3 aromatic rings. The van der Waals surface area contributed by atoms with Gasteiger partial charge in [0.15, 0.2) is 5.82 Å². The zero-order valence-electron chi connectivity index (χ0n) is 16.4. The molecule has 31 heavy (non-hydrogen) atoms. The van der Waals surface area contributed by atoms with Crippen LogP contribution in [0.2, 0.25) is 5.02 Å². The van der Waals surface area contributed by atoms with E-state index < -0.39 is 41.3 Å². The van der Waals surface area contributed by atoms with Gasteiger partial charge in [-0.2, -0.15) is 0 Å². The highest BCUT2D eigenvalue weighted by atomic mass is 35.5. The number of halogens is 3. The second-order valence-corrected chi connectivity index (χ2v) is 10.9. The Morgan fingerprint density at radius 3 is 2.74 bits per heavy atom. The van der Waals surface area contributed by atoms with Crippen molar-refractivity contribution in [2.24, 2.45) is 0 Å². The molecule has 163 valence electrons. The van der Waals surface area contributed by atoms with E-state index in [0.29, 0.717) is 24.3 Å². The van der Waals surface area contributed by atoms with Crippen molar-refractivity contribution in [3.8, 4) is 5.75 Å². The fraction of sp³-hybridized carbons (Fsp3) is 0.286. The van der Waals surface area contributed by atoms with E-state index in [0.717, 1.165) is 24.7 Å². The normalized spacial score (nSPS) is 19.6. The molecule has 0 saturated carbocycles. The molecule has 2 aromatic carbocycles. The number of nitrogens with zero attached hydrogens (tertiary/aromatic N) is 2. The Bertz CT molecular complexity index is 1190. The molecular weight excluding hydrogens is 466 g/mol. The molecule has 5 nitrogen and oxygen atoms in total. The number of hydrogen-bond acceptors (Lipinski definition) is 6. The minimum Gasteiger partial charge on any atom is -0.484 e. The van der Waals surface area contributed by atoms with Gasteiger partial charge in [0.25, 0.3) is 0 Å². The van der Waals surface area contributed by atoms with Gasteiger partial charge in [-0.3, -0.25) is 4.90 Å². The van der Waals surface area contributed by atoms with E-state index >= 15 is 0 Å². The lowest BCUT2D eigenvalue weighted by Gasteiger charge is -2.27. The van der Waals surface area contributed by atoms with E-state index in [1.54, 1.807) is 0 Å². The zero-order valence-corrected chi connectivity index (χ0v) is 18.8. The van der Waals surface area contributed by atoms with Crippen LogP contribution in [-0.4, -0.2) is 37.0 Å². The van der Waals surface area contributed by atoms with Crippen LogP contribution in [0.25, 0.3) is 0 Å². The maximum atomic E-state index is 14.9. The molecule has 1 aliphatic rings. The van der Waals surface area contributed by atoms with Gasteiger partial charge in [0.05, 0.1) is 0 Å². The minimum absolute atomic E-state index is 0.231. The number of hydrogen-bond donors (Lipinski definition) is 0. The number of ether oxygens (including phenoxy) is 1. The number of aromatic nitrogens is 1. The van der Waals surface area contributed by atoms with Crippen LogP contribution in [0.4, 0.5) is 8.78 Å². The van der Waals surface area contributed by atoms with Crippen LogP contribution in [0.15, 0.2) is 51.0 Å². The number of sulfone groups is 1. The first-order valence-electron chi connectivity index (χ1n) is 9.39. The Hall–Kier alpha value is -2.07. The molecule has 0 spiro atoms. The maximum Gasteiger partial charge on any atom is 0.239 e. The quantitative estimate of drug-likeness (QED) is 0.473. The van der Waals surface area contributed by atoms with E-state index in [2.05, 4.69) is 16.1 Å². The summed E-state index contributed by atoms with van der Waals surface area (Å²) in [7, 11) is -4.50. The molecule has 0 aliphatic carbocycles. The Morgan fingerprint density at radius 2 is 2.06 bits per heavy atom. The molecule has 0 N–H and O–H groups in total. The third kappa shape index (κ3) is 4.45. The summed E-state index contributed by atoms with van der Waals surface area (Å²) in [5.74, 6) is -2.91. The van der Waals surface area contributed by atoms with Crippen molar-refractivity contribution in [2.45, 2.75) is 34.7 Å². The van der Waals surface area contributed by atoms with Gasteiger partial charge in [0, 0.05) is 37.5 Å². The molecule has 1 fully saturated rings. The smallest absolute Gasteiger partial charge is 0.239 e. The molecule has 1 aromatic heterocycles. The summed E-state index contributed by atoms with van der Waals surface area (Å²) in [6, 6.07) is 10.7. The summed E-state index contributed by atoms with van der Waals surface area (Å²) in [6.07, 6.45) is 2.95. The van der Waals surface area contributed by atoms with Gasteiger partial charge in [-0.15, -0.1) is 11.3 Å². The van der Waals surface area contributed by atoms with Crippen LogP contribution < -0.4 is 4.74 Å². The minimum atomic E-state index is -4.50. The first-order valence-corrected chi connectivity index (χ1v) is 12.1. The highest BCUT2D eigenvalue weighted by molar-refractivity contribution is 7.93. The molecule has 1 saturated heterocycles. The van der Waals surface area contributed by atoms with Crippen molar-refractivity contribution < 1.29 is 21.9 Å². The summed E-state index contributed by atoms with van der Waals surface area (Å²) in [5.41, 5.74) is 0.415. The van der Waals surface area contributed by atoms with E-state index in [-0.39, 0.29) is 5.75 Å². The predicted octanol–water partition coefficient (Wildman–Crippen LogP) is 4.75. The summed E-state index contributed by atoms with van der Waals surface area (Å²) >= 11 is 6.79. The predicted molar refractivity (Wildman–Crippen MR) is 113 cm³/mol. The van der Waals surface area contributed by atoms with Crippen LogP contribution in [0.3, 0.4) is 0 Å². The molecule has 4 rings (SSSR count). The zero-order chi connectivity index (χ0) is 22.2. The highest BCUT2D eigenvalue weighted by Gasteiger charge is 2.38. The van der Waals surface area contributed by atoms with E-state index in [1.807, 2.05) is 37.3 Å². The monoisotopic (exact) mass is 483 g/mol. The van der Waals surface area contributed by atoms with Crippen LogP contribution in [-0.2, 0) is 16.4 Å². The van der Waals surface area contributed by atoms with Gasteiger partial charge >= 0.3 is 0 Å². The van der Waals surface area contributed by atoms with Gasteiger partial charge in [0.1, 0.15) is 33.3 Å². The number of benzene rings is 2.